The lowest BCUT2D eigenvalue weighted by molar-refractivity contribution is 0.0103. The number of hydrogen-bond acceptors (Lipinski definition) is 1. The summed E-state index contributed by atoms with van der Waals surface area (Å²) in [7, 11) is 0. The molecule has 1 nitrogen and oxygen atoms in total. The Bertz CT molecular complexity index is 305. The van der Waals surface area contributed by atoms with E-state index in [0.717, 1.165) is 19.3 Å². The number of allylic oxidation sites excluding steroid dienone is 2. The van der Waals surface area contributed by atoms with Crippen LogP contribution in [0.5, 0.6) is 0 Å². The third kappa shape index (κ3) is 1.98. The zero-order valence-corrected chi connectivity index (χ0v) is 10.6. The first kappa shape index (κ1) is 11.9. The SMILES string of the molecule is C=C(C)C1CCC(=C)C2CC(O)C(C)CC12. The highest BCUT2D eigenvalue weighted by molar-refractivity contribution is 5.16. The maximum Gasteiger partial charge on any atom is 0.0571 e. The molecule has 1 N–H and O–H groups in total. The molecule has 90 valence electrons. The molecule has 0 bridgehead atoms. The molecule has 2 rings (SSSR count). The Kier molecular flexibility index (Phi) is 3.25. The second-order valence-electron chi connectivity index (χ2n) is 5.94. The average Bonchev–Trinajstić information content (AvgIpc) is 2.21. The van der Waals surface area contributed by atoms with E-state index in [1.807, 2.05) is 0 Å². The summed E-state index contributed by atoms with van der Waals surface area (Å²) in [6.07, 6.45) is 4.29. The van der Waals surface area contributed by atoms with Crippen LogP contribution in [0, 0.1) is 23.7 Å². The van der Waals surface area contributed by atoms with E-state index in [4.69, 9.17) is 0 Å². The minimum Gasteiger partial charge on any atom is -0.393 e. The van der Waals surface area contributed by atoms with Crippen molar-refractivity contribution in [2.75, 3.05) is 0 Å². The maximum atomic E-state index is 10.00. The van der Waals surface area contributed by atoms with Crippen LogP contribution in [0.25, 0.3) is 0 Å². The van der Waals surface area contributed by atoms with Crippen molar-refractivity contribution in [3.63, 3.8) is 0 Å². The smallest absolute Gasteiger partial charge is 0.0571 e. The van der Waals surface area contributed by atoms with E-state index >= 15 is 0 Å². The van der Waals surface area contributed by atoms with E-state index in [0.29, 0.717) is 23.7 Å². The van der Waals surface area contributed by atoms with E-state index in [1.54, 1.807) is 0 Å². The van der Waals surface area contributed by atoms with Gasteiger partial charge in [-0.3, -0.25) is 0 Å². The van der Waals surface area contributed by atoms with Crippen molar-refractivity contribution >= 4 is 0 Å². The molecule has 0 amide bonds. The minimum absolute atomic E-state index is 0.123. The van der Waals surface area contributed by atoms with Crippen molar-refractivity contribution in [2.45, 2.75) is 45.6 Å². The van der Waals surface area contributed by atoms with E-state index < -0.39 is 0 Å². The highest BCUT2D eigenvalue weighted by Gasteiger charge is 2.41. The van der Waals surface area contributed by atoms with Gasteiger partial charge in [0, 0.05) is 0 Å². The highest BCUT2D eigenvalue weighted by Crippen LogP contribution is 2.49. The second kappa shape index (κ2) is 4.37. The van der Waals surface area contributed by atoms with Gasteiger partial charge in [0.25, 0.3) is 0 Å². The van der Waals surface area contributed by atoms with E-state index in [2.05, 4.69) is 27.0 Å². The molecule has 0 aliphatic heterocycles. The van der Waals surface area contributed by atoms with Crippen LogP contribution in [0.1, 0.15) is 39.5 Å². The van der Waals surface area contributed by atoms with Crippen molar-refractivity contribution in [3.05, 3.63) is 24.3 Å². The molecular weight excluding hydrogens is 196 g/mol. The third-order valence-electron chi connectivity index (χ3n) is 4.76. The fraction of sp³-hybridized carbons (Fsp3) is 0.733. The van der Waals surface area contributed by atoms with Crippen LogP contribution in [0.3, 0.4) is 0 Å². The first-order chi connectivity index (χ1) is 7.50. The van der Waals surface area contributed by atoms with Crippen molar-refractivity contribution < 1.29 is 5.11 Å². The molecule has 0 aromatic heterocycles. The molecule has 0 radical (unpaired) electrons. The lowest BCUT2D eigenvalue weighted by atomic mass is 9.59. The molecule has 2 saturated carbocycles. The molecule has 0 heterocycles. The van der Waals surface area contributed by atoms with Crippen molar-refractivity contribution in [3.8, 4) is 0 Å². The zero-order valence-electron chi connectivity index (χ0n) is 10.6. The molecule has 16 heavy (non-hydrogen) atoms. The van der Waals surface area contributed by atoms with Crippen molar-refractivity contribution in [1.29, 1.82) is 0 Å². The number of rotatable bonds is 1. The Morgan fingerprint density at radius 1 is 1.38 bits per heavy atom. The normalized spacial score (nSPS) is 43.9. The van der Waals surface area contributed by atoms with Gasteiger partial charge in [-0.25, -0.2) is 0 Å². The number of aliphatic hydroxyl groups excluding tert-OH is 1. The van der Waals surface area contributed by atoms with Crippen molar-refractivity contribution in [1.82, 2.24) is 0 Å². The van der Waals surface area contributed by atoms with Crippen molar-refractivity contribution in [2.24, 2.45) is 23.7 Å². The Morgan fingerprint density at radius 3 is 2.69 bits per heavy atom. The predicted octanol–water partition coefficient (Wildman–Crippen LogP) is 3.55. The molecule has 0 spiro atoms. The zero-order chi connectivity index (χ0) is 11.9. The van der Waals surface area contributed by atoms with Gasteiger partial charge in [-0.1, -0.05) is 31.2 Å². The number of aliphatic hydroxyl groups is 1. The molecule has 2 aliphatic rings. The van der Waals surface area contributed by atoms with E-state index in [-0.39, 0.29) is 6.10 Å². The molecule has 0 aromatic rings. The third-order valence-corrected chi connectivity index (χ3v) is 4.76. The largest absolute Gasteiger partial charge is 0.393 e. The van der Waals surface area contributed by atoms with Gasteiger partial charge in [-0.15, -0.1) is 0 Å². The highest BCUT2D eigenvalue weighted by atomic mass is 16.3. The first-order valence-corrected chi connectivity index (χ1v) is 6.51. The van der Waals surface area contributed by atoms with Gasteiger partial charge >= 0.3 is 0 Å². The van der Waals surface area contributed by atoms with Gasteiger partial charge < -0.3 is 5.11 Å². The fourth-order valence-corrected chi connectivity index (χ4v) is 3.68. The molecular formula is C15H24O. The molecule has 2 aliphatic carbocycles. The molecule has 2 fully saturated rings. The van der Waals surface area contributed by atoms with E-state index in [9.17, 15) is 5.11 Å². The van der Waals surface area contributed by atoms with E-state index in [1.165, 1.54) is 17.6 Å². The fourth-order valence-electron chi connectivity index (χ4n) is 3.68. The quantitative estimate of drug-likeness (QED) is 0.670. The molecule has 0 aromatic carbocycles. The van der Waals surface area contributed by atoms with Gasteiger partial charge in [-0.05, 0) is 56.3 Å². The van der Waals surface area contributed by atoms with Crippen LogP contribution in [0.2, 0.25) is 0 Å². The lowest BCUT2D eigenvalue weighted by Gasteiger charge is -2.46. The molecule has 5 unspecified atom stereocenters. The van der Waals surface area contributed by atoms with Crippen LogP contribution < -0.4 is 0 Å². The first-order valence-electron chi connectivity index (χ1n) is 6.51. The van der Waals surface area contributed by atoms with Gasteiger partial charge in [-0.2, -0.15) is 0 Å². The minimum atomic E-state index is -0.123. The van der Waals surface area contributed by atoms with Gasteiger partial charge in [0.2, 0.25) is 0 Å². The average molecular weight is 220 g/mol. The molecule has 5 atom stereocenters. The van der Waals surface area contributed by atoms with Gasteiger partial charge in [0.1, 0.15) is 0 Å². The summed E-state index contributed by atoms with van der Waals surface area (Å²) in [5.74, 6) is 2.33. The molecule has 0 saturated heterocycles. The van der Waals surface area contributed by atoms with Gasteiger partial charge in [0.15, 0.2) is 0 Å². The van der Waals surface area contributed by atoms with Crippen LogP contribution >= 0.6 is 0 Å². The summed E-state index contributed by atoms with van der Waals surface area (Å²) < 4.78 is 0. The molecule has 1 heteroatoms. The Hall–Kier alpha value is -0.560. The summed E-state index contributed by atoms with van der Waals surface area (Å²) in [6.45, 7) is 12.7. The predicted molar refractivity (Wildman–Crippen MR) is 68.1 cm³/mol. The van der Waals surface area contributed by atoms with Crippen LogP contribution in [-0.2, 0) is 0 Å². The number of fused-ring (bicyclic) bond motifs is 1. The number of hydrogen-bond donors (Lipinski definition) is 1. The van der Waals surface area contributed by atoms with Crippen LogP contribution in [0.4, 0.5) is 0 Å². The maximum absolute atomic E-state index is 10.00. The standard InChI is InChI=1S/C15H24O/c1-9(2)12-6-5-10(3)13-8-15(16)11(4)7-14(12)13/h11-16H,1,3,5-8H2,2,4H3. The monoisotopic (exact) mass is 220 g/mol. The topological polar surface area (TPSA) is 20.2 Å². The Balaban J connectivity index is 2.20. The second-order valence-corrected chi connectivity index (χ2v) is 5.94. The summed E-state index contributed by atoms with van der Waals surface area (Å²) in [5, 5.41) is 10.00. The summed E-state index contributed by atoms with van der Waals surface area (Å²) >= 11 is 0. The van der Waals surface area contributed by atoms with Crippen LogP contribution in [-0.4, -0.2) is 11.2 Å². The Morgan fingerprint density at radius 2 is 2.06 bits per heavy atom. The van der Waals surface area contributed by atoms with Gasteiger partial charge in [0.05, 0.1) is 6.10 Å². The lowest BCUT2D eigenvalue weighted by Crippen LogP contribution is -2.40. The Labute approximate surface area is 99.3 Å². The summed E-state index contributed by atoms with van der Waals surface area (Å²) in [5.41, 5.74) is 2.69. The van der Waals surface area contributed by atoms with Crippen LogP contribution in [0.15, 0.2) is 24.3 Å². The summed E-state index contributed by atoms with van der Waals surface area (Å²) in [4.78, 5) is 0. The summed E-state index contributed by atoms with van der Waals surface area (Å²) in [6, 6.07) is 0.